The summed E-state index contributed by atoms with van der Waals surface area (Å²) in [5.41, 5.74) is -0.0512. The molecule has 2 rings (SSSR count). The molecule has 0 bridgehead atoms. The molecule has 0 saturated heterocycles. The van der Waals surface area contributed by atoms with Crippen molar-refractivity contribution in [3.63, 3.8) is 0 Å². The van der Waals surface area contributed by atoms with E-state index < -0.39 is 5.97 Å². The highest BCUT2D eigenvalue weighted by Gasteiger charge is 2.17. The molecule has 0 aliphatic rings. The summed E-state index contributed by atoms with van der Waals surface area (Å²) in [4.78, 5) is 11.0. The summed E-state index contributed by atoms with van der Waals surface area (Å²) in [5, 5.41) is 10.8. The summed E-state index contributed by atoms with van der Waals surface area (Å²) < 4.78 is 1.84. The molecule has 0 aliphatic heterocycles. The fourth-order valence-electron chi connectivity index (χ4n) is 1.58. The number of pyridine rings is 1. The number of aromatic nitrogens is 1. The normalized spacial score (nSPS) is 10.7. The van der Waals surface area contributed by atoms with Gasteiger partial charge in [-0.15, -0.1) is 0 Å². The lowest BCUT2D eigenvalue weighted by Crippen LogP contribution is -2.25. The van der Waals surface area contributed by atoms with Crippen LogP contribution in [0.3, 0.4) is 0 Å². The van der Waals surface area contributed by atoms with Crippen LogP contribution in [0, 0.1) is 0 Å². The fraction of sp³-hybridized carbons (Fsp3) is 0.0909. The first-order valence-corrected chi connectivity index (χ1v) is 5.26. The van der Waals surface area contributed by atoms with Gasteiger partial charge in [-0.05, 0) is 6.07 Å². The summed E-state index contributed by atoms with van der Waals surface area (Å²) in [5.74, 6) is -1.12. The standard InChI is InChI=1S/C11H7Cl2NO2/c1-14-3-2-7-6(5-14)4-8(12)9(10(7)13)11(15)16/h2-5H,1H3/p+1. The molecule has 5 heteroatoms. The van der Waals surface area contributed by atoms with Crippen molar-refractivity contribution in [3.8, 4) is 0 Å². The Morgan fingerprint density at radius 3 is 2.75 bits per heavy atom. The number of benzene rings is 1. The van der Waals surface area contributed by atoms with Crippen molar-refractivity contribution >= 4 is 39.9 Å². The number of aryl methyl sites for hydroxylation is 1. The van der Waals surface area contributed by atoms with Gasteiger partial charge in [0.1, 0.15) is 7.05 Å². The Kier molecular flexibility index (Phi) is 2.74. The van der Waals surface area contributed by atoms with Crippen LogP contribution in [0.2, 0.25) is 10.0 Å². The molecule has 0 unspecified atom stereocenters. The van der Waals surface area contributed by atoms with E-state index in [2.05, 4.69) is 0 Å². The van der Waals surface area contributed by atoms with Gasteiger partial charge in [0, 0.05) is 16.8 Å². The molecule has 1 N–H and O–H groups in total. The molecule has 82 valence electrons. The molecule has 3 nitrogen and oxygen atoms in total. The minimum Gasteiger partial charge on any atom is -0.478 e. The Bertz CT molecular complexity index is 596. The third kappa shape index (κ3) is 1.72. The monoisotopic (exact) mass is 256 g/mol. The largest absolute Gasteiger partial charge is 0.478 e. The second kappa shape index (κ2) is 3.92. The van der Waals surface area contributed by atoms with E-state index in [0.29, 0.717) is 5.39 Å². The lowest BCUT2D eigenvalue weighted by atomic mass is 10.1. The van der Waals surface area contributed by atoms with E-state index in [1.54, 1.807) is 18.3 Å². The first kappa shape index (κ1) is 11.2. The zero-order valence-corrected chi connectivity index (χ0v) is 9.88. The van der Waals surface area contributed by atoms with Crippen molar-refractivity contribution in [2.45, 2.75) is 0 Å². The van der Waals surface area contributed by atoms with E-state index >= 15 is 0 Å². The van der Waals surface area contributed by atoms with Crippen LogP contribution in [0.25, 0.3) is 10.8 Å². The second-order valence-electron chi connectivity index (χ2n) is 3.47. The molecule has 0 aliphatic carbocycles. The van der Waals surface area contributed by atoms with E-state index in [1.165, 1.54) is 0 Å². The first-order chi connectivity index (χ1) is 7.50. The third-order valence-electron chi connectivity index (χ3n) is 2.32. The Hall–Kier alpha value is -1.32. The van der Waals surface area contributed by atoms with Crippen LogP contribution >= 0.6 is 23.2 Å². The molecule has 1 aromatic carbocycles. The molecule has 0 amide bonds. The molecular weight excluding hydrogens is 249 g/mol. The lowest BCUT2D eigenvalue weighted by Gasteiger charge is -2.05. The average Bonchev–Trinajstić information content (AvgIpc) is 2.15. The van der Waals surface area contributed by atoms with Gasteiger partial charge in [-0.2, -0.15) is 0 Å². The number of nitrogens with zero attached hydrogens (tertiary/aromatic N) is 1. The molecule has 0 fully saturated rings. The highest BCUT2D eigenvalue weighted by Crippen LogP contribution is 2.32. The number of aromatic carboxylic acids is 1. The number of carbonyl (C=O) groups is 1. The summed E-state index contributed by atoms with van der Waals surface area (Å²) in [6.07, 6.45) is 3.63. The molecular formula is C11H8Cl2NO2+. The molecule has 0 spiro atoms. The van der Waals surface area contributed by atoms with E-state index in [4.69, 9.17) is 28.3 Å². The SMILES string of the molecule is C[n+]1ccc2c(Cl)c(C(=O)O)c(Cl)cc2c1. The predicted octanol–water partition coefficient (Wildman–Crippen LogP) is 2.67. The first-order valence-electron chi connectivity index (χ1n) is 4.51. The molecule has 0 saturated carbocycles. The minimum absolute atomic E-state index is 0.0512. The Balaban J connectivity index is 2.89. The zero-order chi connectivity index (χ0) is 11.9. The lowest BCUT2D eigenvalue weighted by molar-refractivity contribution is -0.670. The summed E-state index contributed by atoms with van der Waals surface area (Å²) in [6.45, 7) is 0. The molecule has 1 aromatic heterocycles. The highest BCUT2D eigenvalue weighted by molar-refractivity contribution is 6.43. The van der Waals surface area contributed by atoms with Gasteiger partial charge < -0.3 is 5.11 Å². The predicted molar refractivity (Wildman–Crippen MR) is 62.1 cm³/mol. The summed E-state index contributed by atoms with van der Waals surface area (Å²) >= 11 is 11.9. The highest BCUT2D eigenvalue weighted by atomic mass is 35.5. The molecule has 0 atom stereocenters. The van der Waals surface area contributed by atoms with E-state index in [-0.39, 0.29) is 15.6 Å². The Labute approximate surface area is 102 Å². The maximum absolute atomic E-state index is 11.0. The number of hydrogen-bond acceptors (Lipinski definition) is 1. The molecule has 16 heavy (non-hydrogen) atoms. The van der Waals surface area contributed by atoms with E-state index in [0.717, 1.165) is 5.39 Å². The van der Waals surface area contributed by atoms with E-state index in [1.807, 2.05) is 17.8 Å². The van der Waals surface area contributed by atoms with Crippen LogP contribution in [0.15, 0.2) is 24.5 Å². The van der Waals surface area contributed by atoms with Crippen molar-refractivity contribution in [1.29, 1.82) is 0 Å². The summed E-state index contributed by atoms with van der Waals surface area (Å²) in [7, 11) is 1.87. The topological polar surface area (TPSA) is 41.2 Å². The average molecular weight is 257 g/mol. The number of fused-ring (bicyclic) bond motifs is 1. The van der Waals surface area contributed by atoms with Crippen LogP contribution in [0.1, 0.15) is 10.4 Å². The Morgan fingerprint density at radius 2 is 2.12 bits per heavy atom. The number of hydrogen-bond donors (Lipinski definition) is 1. The van der Waals surface area contributed by atoms with Crippen molar-refractivity contribution in [1.82, 2.24) is 0 Å². The van der Waals surface area contributed by atoms with Gasteiger partial charge in [-0.1, -0.05) is 23.2 Å². The van der Waals surface area contributed by atoms with Crippen molar-refractivity contribution < 1.29 is 14.5 Å². The van der Waals surface area contributed by atoms with Crippen LogP contribution in [-0.4, -0.2) is 11.1 Å². The molecule has 0 radical (unpaired) electrons. The molecule has 1 heterocycles. The van der Waals surface area contributed by atoms with Crippen molar-refractivity contribution in [2.75, 3.05) is 0 Å². The zero-order valence-electron chi connectivity index (χ0n) is 8.37. The van der Waals surface area contributed by atoms with Gasteiger partial charge >= 0.3 is 5.97 Å². The smallest absolute Gasteiger partial charge is 0.338 e. The maximum atomic E-state index is 11.0. The quantitative estimate of drug-likeness (QED) is 0.798. The van der Waals surface area contributed by atoms with Gasteiger partial charge in [0.25, 0.3) is 0 Å². The molecule has 2 aromatic rings. The van der Waals surface area contributed by atoms with Gasteiger partial charge in [-0.3, -0.25) is 0 Å². The second-order valence-corrected chi connectivity index (χ2v) is 4.25. The van der Waals surface area contributed by atoms with Crippen LogP contribution in [0.4, 0.5) is 0 Å². The van der Waals surface area contributed by atoms with Gasteiger partial charge in [0.05, 0.1) is 15.6 Å². The fourth-order valence-corrected chi connectivity index (χ4v) is 2.28. The van der Waals surface area contributed by atoms with E-state index in [9.17, 15) is 4.79 Å². The summed E-state index contributed by atoms with van der Waals surface area (Å²) in [6, 6.07) is 3.37. The number of carboxylic acids is 1. The minimum atomic E-state index is -1.12. The number of rotatable bonds is 1. The van der Waals surface area contributed by atoms with Gasteiger partial charge in [0.2, 0.25) is 0 Å². The van der Waals surface area contributed by atoms with Crippen LogP contribution < -0.4 is 4.57 Å². The van der Waals surface area contributed by atoms with Gasteiger partial charge in [-0.25, -0.2) is 9.36 Å². The van der Waals surface area contributed by atoms with Crippen LogP contribution in [0.5, 0.6) is 0 Å². The maximum Gasteiger partial charge on any atom is 0.338 e. The number of halogens is 2. The van der Waals surface area contributed by atoms with Gasteiger partial charge in [0.15, 0.2) is 12.4 Å². The van der Waals surface area contributed by atoms with Crippen molar-refractivity contribution in [3.05, 3.63) is 40.1 Å². The Morgan fingerprint density at radius 1 is 1.44 bits per heavy atom. The van der Waals surface area contributed by atoms with Crippen molar-refractivity contribution in [2.24, 2.45) is 7.05 Å². The number of carboxylic acid groups (broad SMARTS) is 1. The third-order valence-corrected chi connectivity index (χ3v) is 3.01. The van der Waals surface area contributed by atoms with Crippen LogP contribution in [-0.2, 0) is 7.05 Å².